The van der Waals surface area contributed by atoms with Crippen molar-refractivity contribution in [3.05, 3.63) is 35.9 Å². The fraction of sp³-hybridized carbons (Fsp3) is 0.375. The first-order valence-electron chi connectivity index (χ1n) is 6.57. The Hall–Kier alpha value is -2.30. The summed E-state index contributed by atoms with van der Waals surface area (Å²) in [4.78, 5) is 23.1. The average molecular weight is 291 g/mol. The van der Waals surface area contributed by atoms with E-state index < -0.39 is 17.7 Å². The lowest BCUT2D eigenvalue weighted by Crippen LogP contribution is -2.27. The predicted molar refractivity (Wildman–Crippen MR) is 81.5 cm³/mol. The molecule has 1 amide bonds. The van der Waals surface area contributed by atoms with Crippen molar-refractivity contribution in [2.75, 3.05) is 5.32 Å². The minimum Gasteiger partial charge on any atom is -0.444 e. The van der Waals surface area contributed by atoms with Gasteiger partial charge in [0.25, 0.3) is 0 Å². The van der Waals surface area contributed by atoms with Crippen LogP contribution in [0.25, 0.3) is 0 Å². The summed E-state index contributed by atoms with van der Waals surface area (Å²) in [6.07, 6.45) is -0.530. The van der Waals surface area contributed by atoms with Gasteiger partial charge in [-0.25, -0.2) is 9.59 Å². The fourth-order valence-corrected chi connectivity index (χ4v) is 1.45. The second-order valence-electron chi connectivity index (χ2n) is 5.77. The molecule has 114 valence electrons. The van der Waals surface area contributed by atoms with E-state index in [-0.39, 0.29) is 0 Å². The van der Waals surface area contributed by atoms with E-state index in [1.165, 1.54) is 0 Å². The molecule has 0 aliphatic carbocycles. The van der Waals surface area contributed by atoms with Crippen LogP contribution in [0.15, 0.2) is 30.4 Å². The molecule has 0 aromatic heterocycles. The molecule has 0 heterocycles. The van der Waals surface area contributed by atoms with Gasteiger partial charge in [-0.3, -0.25) is 5.32 Å². The van der Waals surface area contributed by atoms with Crippen molar-refractivity contribution in [1.29, 1.82) is 0 Å². The molecule has 0 radical (unpaired) electrons. The quantitative estimate of drug-likeness (QED) is 0.522. The molecule has 0 atom stereocenters. The summed E-state index contributed by atoms with van der Waals surface area (Å²) in [5, 5.41) is 2.65. The Morgan fingerprint density at radius 2 is 1.86 bits per heavy atom. The van der Waals surface area contributed by atoms with E-state index in [0.717, 1.165) is 5.56 Å². The molecule has 0 spiro atoms. The highest BCUT2D eigenvalue weighted by atomic mass is 16.6. The average Bonchev–Trinajstić information content (AvgIpc) is 2.30. The first-order valence-corrected chi connectivity index (χ1v) is 6.57. The Bertz CT molecular complexity index is 570. The van der Waals surface area contributed by atoms with E-state index in [0.29, 0.717) is 17.0 Å². The Labute approximate surface area is 124 Å². The molecule has 1 aromatic rings. The van der Waals surface area contributed by atoms with Gasteiger partial charge in [0.1, 0.15) is 11.4 Å². The minimum absolute atomic E-state index is 0.323. The summed E-state index contributed by atoms with van der Waals surface area (Å²) in [5.41, 5.74) is 1.12. The molecule has 0 bridgehead atoms. The van der Waals surface area contributed by atoms with Gasteiger partial charge < -0.3 is 9.47 Å². The Kier molecular flexibility index (Phi) is 5.13. The lowest BCUT2D eigenvalue weighted by atomic mass is 10.2. The minimum atomic E-state index is -0.561. The highest BCUT2D eigenvalue weighted by Gasteiger charge is 2.17. The molecule has 0 aliphatic heterocycles. The molecule has 0 aliphatic rings. The number of rotatable bonds is 3. The number of carbonyl (C=O) groups excluding carboxylic acids is 2. The van der Waals surface area contributed by atoms with E-state index >= 15 is 0 Å². The number of carbonyl (C=O) groups is 2. The highest BCUT2D eigenvalue weighted by Crippen LogP contribution is 2.22. The largest absolute Gasteiger partial charge is 0.444 e. The first-order chi connectivity index (χ1) is 9.58. The van der Waals surface area contributed by atoms with Crippen LogP contribution >= 0.6 is 0 Å². The number of anilines is 1. The van der Waals surface area contributed by atoms with Crippen molar-refractivity contribution in [3.63, 3.8) is 0 Å². The normalized spacial score (nSPS) is 10.7. The summed E-state index contributed by atoms with van der Waals surface area (Å²) in [6, 6.07) is 4.91. The maximum absolute atomic E-state index is 11.7. The smallest absolute Gasteiger partial charge is 0.412 e. The van der Waals surface area contributed by atoms with Gasteiger partial charge in [-0.15, -0.1) is 0 Å². The molecule has 0 saturated heterocycles. The first kappa shape index (κ1) is 16.8. The highest BCUT2D eigenvalue weighted by molar-refractivity contribution is 5.89. The van der Waals surface area contributed by atoms with Crippen molar-refractivity contribution in [1.82, 2.24) is 0 Å². The Morgan fingerprint density at radius 3 is 2.33 bits per heavy atom. The molecule has 1 N–H and O–H groups in total. The van der Waals surface area contributed by atoms with Crippen LogP contribution in [0, 0.1) is 6.92 Å². The van der Waals surface area contributed by atoms with Crippen LogP contribution in [0.3, 0.4) is 0 Å². The molecule has 1 aromatic carbocycles. The van der Waals surface area contributed by atoms with Crippen LogP contribution < -0.4 is 10.1 Å². The fourth-order valence-electron chi connectivity index (χ4n) is 1.45. The molecule has 5 nitrogen and oxygen atoms in total. The van der Waals surface area contributed by atoms with Crippen LogP contribution in [0.1, 0.15) is 33.3 Å². The summed E-state index contributed by atoms with van der Waals surface area (Å²) < 4.78 is 10.3. The molecule has 0 unspecified atom stereocenters. The number of amides is 1. The number of hydrogen-bond acceptors (Lipinski definition) is 4. The number of nitrogens with one attached hydrogen (secondary N) is 1. The maximum atomic E-state index is 11.7. The van der Waals surface area contributed by atoms with Crippen LogP contribution in [-0.2, 0) is 9.53 Å². The zero-order chi connectivity index (χ0) is 16.2. The van der Waals surface area contributed by atoms with Gasteiger partial charge in [0.2, 0.25) is 0 Å². The SMILES string of the molecule is C=C(C)C(=O)Oc1ccc(NC(=O)OC(C)(C)C)c(C)c1. The molecular weight excluding hydrogens is 270 g/mol. The number of aryl methyl sites for hydroxylation is 1. The van der Waals surface area contributed by atoms with Gasteiger partial charge in [0.15, 0.2) is 0 Å². The van der Waals surface area contributed by atoms with Gasteiger partial charge in [-0.1, -0.05) is 6.58 Å². The number of hydrogen-bond donors (Lipinski definition) is 1. The van der Waals surface area contributed by atoms with Gasteiger partial charge in [-0.2, -0.15) is 0 Å². The van der Waals surface area contributed by atoms with Gasteiger partial charge in [-0.05, 0) is 58.4 Å². The number of benzene rings is 1. The number of esters is 1. The van der Waals surface area contributed by atoms with E-state index in [4.69, 9.17) is 9.47 Å². The van der Waals surface area contributed by atoms with Crippen LogP contribution in [-0.4, -0.2) is 17.7 Å². The standard InChI is InChI=1S/C16H21NO4/c1-10(2)14(18)20-12-7-8-13(11(3)9-12)17-15(19)21-16(4,5)6/h7-9H,1H2,2-6H3,(H,17,19). The maximum Gasteiger partial charge on any atom is 0.412 e. The Balaban J connectivity index is 2.77. The van der Waals surface area contributed by atoms with Gasteiger partial charge >= 0.3 is 12.1 Å². The number of ether oxygens (including phenoxy) is 2. The molecule has 5 heteroatoms. The van der Waals surface area contributed by atoms with Crippen LogP contribution in [0.2, 0.25) is 0 Å². The molecule has 1 rings (SSSR count). The predicted octanol–water partition coefficient (Wildman–Crippen LogP) is 3.82. The zero-order valence-electron chi connectivity index (χ0n) is 13.1. The van der Waals surface area contributed by atoms with Gasteiger partial charge in [0.05, 0.1) is 0 Å². The Morgan fingerprint density at radius 1 is 1.24 bits per heavy atom. The molecule has 21 heavy (non-hydrogen) atoms. The summed E-state index contributed by atoms with van der Waals surface area (Å²) in [5.74, 6) is -0.0857. The van der Waals surface area contributed by atoms with Crippen molar-refractivity contribution < 1.29 is 19.1 Å². The van der Waals surface area contributed by atoms with E-state index in [1.807, 2.05) is 0 Å². The van der Waals surface area contributed by atoms with Crippen molar-refractivity contribution >= 4 is 17.7 Å². The summed E-state index contributed by atoms with van der Waals surface area (Å²) in [7, 11) is 0. The lowest BCUT2D eigenvalue weighted by Gasteiger charge is -2.20. The molecular formula is C16H21NO4. The van der Waals surface area contributed by atoms with E-state index in [9.17, 15) is 9.59 Å². The van der Waals surface area contributed by atoms with E-state index in [1.54, 1.807) is 52.8 Å². The van der Waals surface area contributed by atoms with Gasteiger partial charge in [0, 0.05) is 11.3 Å². The summed E-state index contributed by atoms with van der Waals surface area (Å²) in [6.45, 7) is 12.3. The third kappa shape index (κ3) is 5.69. The lowest BCUT2D eigenvalue weighted by molar-refractivity contribution is -0.130. The summed E-state index contributed by atoms with van der Waals surface area (Å²) >= 11 is 0. The second-order valence-corrected chi connectivity index (χ2v) is 5.77. The van der Waals surface area contributed by atoms with Crippen molar-refractivity contribution in [2.45, 2.75) is 40.2 Å². The van der Waals surface area contributed by atoms with Crippen molar-refractivity contribution in [2.24, 2.45) is 0 Å². The zero-order valence-corrected chi connectivity index (χ0v) is 13.1. The van der Waals surface area contributed by atoms with Crippen molar-refractivity contribution in [3.8, 4) is 5.75 Å². The second kappa shape index (κ2) is 6.43. The third-order valence-electron chi connectivity index (χ3n) is 2.39. The third-order valence-corrected chi connectivity index (χ3v) is 2.39. The van der Waals surface area contributed by atoms with Crippen LogP contribution in [0.5, 0.6) is 5.75 Å². The topological polar surface area (TPSA) is 64.6 Å². The molecule has 0 fully saturated rings. The monoisotopic (exact) mass is 291 g/mol. The molecule has 0 saturated carbocycles. The van der Waals surface area contributed by atoms with E-state index in [2.05, 4.69) is 11.9 Å². The van der Waals surface area contributed by atoms with Crippen LogP contribution in [0.4, 0.5) is 10.5 Å².